The average molecular weight is 392 g/mol. The number of ether oxygens (including phenoxy) is 2. The van der Waals surface area contributed by atoms with E-state index in [-0.39, 0.29) is 11.6 Å². The second-order valence-corrected chi connectivity index (χ2v) is 7.04. The Morgan fingerprint density at radius 3 is 2.71 bits per heavy atom. The van der Waals surface area contributed by atoms with Crippen LogP contribution in [0.15, 0.2) is 24.4 Å². The number of fused-ring (bicyclic) bond motifs is 1. The third-order valence-electron chi connectivity index (χ3n) is 5.40. The van der Waals surface area contributed by atoms with Crippen LogP contribution in [0.5, 0.6) is 5.75 Å². The number of nitrogens with two attached hydrogens (primary N) is 1. The number of halogens is 3. The van der Waals surface area contributed by atoms with Gasteiger partial charge in [-0.3, -0.25) is 0 Å². The van der Waals surface area contributed by atoms with Crippen molar-refractivity contribution in [1.82, 2.24) is 15.0 Å². The maximum absolute atomic E-state index is 15.1. The van der Waals surface area contributed by atoms with Crippen LogP contribution in [-0.2, 0) is 4.74 Å². The summed E-state index contributed by atoms with van der Waals surface area (Å²) in [5.41, 5.74) is 7.20. The predicted molar refractivity (Wildman–Crippen MR) is 96.5 cm³/mol. The Balaban J connectivity index is 1.88. The third kappa shape index (κ3) is 2.69. The Labute approximate surface area is 158 Å². The van der Waals surface area contributed by atoms with Gasteiger partial charge in [-0.05, 0) is 19.1 Å². The van der Waals surface area contributed by atoms with Crippen molar-refractivity contribution in [2.24, 2.45) is 5.92 Å². The summed E-state index contributed by atoms with van der Waals surface area (Å²) in [4.78, 5) is 11.5. The number of hydrogen-bond acceptors (Lipinski definition) is 5. The molecule has 0 radical (unpaired) electrons. The first-order valence-electron chi connectivity index (χ1n) is 8.73. The molecule has 28 heavy (non-hydrogen) atoms. The van der Waals surface area contributed by atoms with Crippen molar-refractivity contribution in [3.05, 3.63) is 47.4 Å². The largest absolute Gasteiger partial charge is 0.493 e. The quantitative estimate of drug-likeness (QED) is 0.704. The van der Waals surface area contributed by atoms with E-state index in [0.29, 0.717) is 22.4 Å². The molecular formula is C19H19F3N4O2. The lowest BCUT2D eigenvalue weighted by Gasteiger charge is -2.23. The second-order valence-electron chi connectivity index (χ2n) is 7.04. The summed E-state index contributed by atoms with van der Waals surface area (Å²) < 4.78 is 53.9. The minimum absolute atomic E-state index is 0.219. The van der Waals surface area contributed by atoms with Crippen LogP contribution in [0.3, 0.4) is 0 Å². The molecule has 1 saturated heterocycles. The highest BCUT2D eigenvalue weighted by atomic mass is 19.2. The van der Waals surface area contributed by atoms with Crippen molar-refractivity contribution in [2.45, 2.75) is 31.7 Å². The van der Waals surface area contributed by atoms with Gasteiger partial charge in [-0.2, -0.15) is 4.39 Å². The average Bonchev–Trinajstić information content (AvgIpc) is 3.18. The van der Waals surface area contributed by atoms with Gasteiger partial charge in [-0.25, -0.2) is 18.7 Å². The highest BCUT2D eigenvalue weighted by molar-refractivity contribution is 5.84. The Bertz CT molecular complexity index is 1050. The van der Waals surface area contributed by atoms with Gasteiger partial charge in [0.1, 0.15) is 17.4 Å². The fourth-order valence-corrected chi connectivity index (χ4v) is 3.80. The monoisotopic (exact) mass is 392 g/mol. The standard InChI is InChI=1S/C19H19F3N4O2/c1-8-12(9-4-5-10(20)13(21)15(9)27-3)16(28-19(8,2)22)18-25-11-6-7-24-17(23)14(11)26-18/h4-8,12,16H,1-3H3,(H2,23,24)(H,25,26)/t8?,12?,16-,19-/m1/s1. The molecule has 0 saturated carbocycles. The molecule has 1 aliphatic heterocycles. The van der Waals surface area contributed by atoms with Crippen molar-refractivity contribution < 1.29 is 22.6 Å². The fourth-order valence-electron chi connectivity index (χ4n) is 3.80. The van der Waals surface area contributed by atoms with Gasteiger partial charge in [-0.15, -0.1) is 0 Å². The Morgan fingerprint density at radius 1 is 1.29 bits per heavy atom. The predicted octanol–water partition coefficient (Wildman–Crippen LogP) is 4.00. The molecule has 148 valence electrons. The van der Waals surface area contributed by atoms with E-state index in [1.54, 1.807) is 13.0 Å². The number of aromatic nitrogens is 3. The summed E-state index contributed by atoms with van der Waals surface area (Å²) in [6, 6.07) is 4.06. The highest BCUT2D eigenvalue weighted by Crippen LogP contribution is 2.55. The van der Waals surface area contributed by atoms with E-state index in [1.807, 2.05) is 0 Å². The number of methoxy groups -OCH3 is 1. The minimum Gasteiger partial charge on any atom is -0.493 e. The topological polar surface area (TPSA) is 86.1 Å². The van der Waals surface area contributed by atoms with Crippen LogP contribution in [-0.4, -0.2) is 27.9 Å². The van der Waals surface area contributed by atoms with Crippen molar-refractivity contribution in [3.63, 3.8) is 0 Å². The molecule has 4 rings (SSSR count). The van der Waals surface area contributed by atoms with Gasteiger partial charge < -0.3 is 20.2 Å². The number of hydrogen-bond donors (Lipinski definition) is 2. The molecule has 1 aliphatic rings. The van der Waals surface area contributed by atoms with E-state index < -0.39 is 35.4 Å². The number of rotatable bonds is 3. The van der Waals surface area contributed by atoms with E-state index in [1.165, 1.54) is 26.3 Å². The molecule has 0 aliphatic carbocycles. The molecule has 0 bridgehead atoms. The molecule has 2 aromatic heterocycles. The Hall–Kier alpha value is -2.81. The summed E-state index contributed by atoms with van der Waals surface area (Å²) in [5.74, 6) is -5.31. The van der Waals surface area contributed by atoms with Gasteiger partial charge in [0.15, 0.2) is 17.4 Å². The number of nitrogen functional groups attached to an aromatic ring is 1. The molecule has 6 nitrogen and oxygen atoms in total. The second kappa shape index (κ2) is 6.37. The first-order valence-corrected chi connectivity index (χ1v) is 8.73. The van der Waals surface area contributed by atoms with Gasteiger partial charge in [0.05, 0.1) is 12.6 Å². The molecule has 1 fully saturated rings. The molecule has 1 aromatic carbocycles. The number of H-pyrrole nitrogens is 1. The number of imidazole rings is 1. The van der Waals surface area contributed by atoms with Crippen LogP contribution in [0.1, 0.15) is 37.3 Å². The van der Waals surface area contributed by atoms with Crippen molar-refractivity contribution in [3.8, 4) is 5.75 Å². The van der Waals surface area contributed by atoms with E-state index in [2.05, 4.69) is 15.0 Å². The van der Waals surface area contributed by atoms with Crippen LogP contribution >= 0.6 is 0 Å². The molecule has 0 spiro atoms. The molecular weight excluding hydrogens is 373 g/mol. The first-order chi connectivity index (χ1) is 13.2. The van der Waals surface area contributed by atoms with Crippen LogP contribution in [0.4, 0.5) is 19.0 Å². The number of alkyl halides is 1. The minimum atomic E-state index is -2.02. The van der Waals surface area contributed by atoms with Crippen molar-refractivity contribution in [2.75, 3.05) is 12.8 Å². The highest BCUT2D eigenvalue weighted by Gasteiger charge is 2.53. The Kier molecular flexibility index (Phi) is 4.22. The fraction of sp³-hybridized carbons (Fsp3) is 0.368. The van der Waals surface area contributed by atoms with E-state index in [4.69, 9.17) is 15.2 Å². The number of pyridine rings is 1. The van der Waals surface area contributed by atoms with Crippen molar-refractivity contribution >= 4 is 16.9 Å². The van der Waals surface area contributed by atoms with E-state index in [9.17, 15) is 8.78 Å². The zero-order valence-electron chi connectivity index (χ0n) is 15.5. The van der Waals surface area contributed by atoms with Gasteiger partial charge in [0.25, 0.3) is 0 Å². The van der Waals surface area contributed by atoms with Gasteiger partial charge in [0, 0.05) is 23.6 Å². The number of anilines is 1. The lowest BCUT2D eigenvalue weighted by Crippen LogP contribution is -2.25. The smallest absolute Gasteiger partial charge is 0.210 e. The summed E-state index contributed by atoms with van der Waals surface area (Å²) in [5, 5.41) is 0. The summed E-state index contributed by atoms with van der Waals surface area (Å²) >= 11 is 0. The Morgan fingerprint density at radius 2 is 2.04 bits per heavy atom. The number of nitrogens with zero attached hydrogens (tertiary/aromatic N) is 2. The first kappa shape index (κ1) is 18.5. The van der Waals surface area contributed by atoms with E-state index >= 15 is 4.39 Å². The normalized spacial score (nSPS) is 27.4. The molecule has 3 N–H and O–H groups in total. The third-order valence-corrected chi connectivity index (χ3v) is 5.40. The lowest BCUT2D eigenvalue weighted by atomic mass is 9.81. The maximum Gasteiger partial charge on any atom is 0.210 e. The molecule has 0 amide bonds. The van der Waals surface area contributed by atoms with Crippen molar-refractivity contribution in [1.29, 1.82) is 0 Å². The van der Waals surface area contributed by atoms with E-state index in [0.717, 1.165) is 6.07 Å². The van der Waals surface area contributed by atoms with Gasteiger partial charge in [0.2, 0.25) is 11.7 Å². The van der Waals surface area contributed by atoms with Crippen LogP contribution in [0.25, 0.3) is 11.0 Å². The lowest BCUT2D eigenvalue weighted by molar-refractivity contribution is -0.140. The number of benzene rings is 1. The maximum atomic E-state index is 15.1. The molecule has 2 unspecified atom stereocenters. The zero-order valence-corrected chi connectivity index (χ0v) is 15.5. The summed E-state index contributed by atoms with van der Waals surface area (Å²) in [7, 11) is 1.24. The molecule has 9 heteroatoms. The molecule has 3 heterocycles. The SMILES string of the molecule is COc1c(C2C(C)[C@](C)(F)O[C@H]2c2nc3c(N)nccc3[nH]2)ccc(F)c1F. The molecule has 3 aromatic rings. The van der Waals surface area contributed by atoms with Crippen LogP contribution in [0, 0.1) is 17.6 Å². The summed E-state index contributed by atoms with van der Waals surface area (Å²) in [6.07, 6.45) is 0.628. The zero-order chi connectivity index (χ0) is 20.2. The van der Waals surface area contributed by atoms with Crippen LogP contribution < -0.4 is 10.5 Å². The summed E-state index contributed by atoms with van der Waals surface area (Å²) in [6.45, 7) is 2.94. The van der Waals surface area contributed by atoms with Crippen LogP contribution in [0.2, 0.25) is 0 Å². The number of aromatic amines is 1. The van der Waals surface area contributed by atoms with Gasteiger partial charge >= 0.3 is 0 Å². The van der Waals surface area contributed by atoms with Gasteiger partial charge in [-0.1, -0.05) is 13.0 Å². The number of nitrogens with one attached hydrogen (secondary N) is 1. The molecule has 4 atom stereocenters.